The quantitative estimate of drug-likeness (QED) is 0.678. The summed E-state index contributed by atoms with van der Waals surface area (Å²) in [7, 11) is 0. The van der Waals surface area contributed by atoms with E-state index in [1.54, 1.807) is 6.20 Å². The van der Waals surface area contributed by atoms with E-state index in [1.165, 1.54) is 18.4 Å². The van der Waals surface area contributed by atoms with Crippen LogP contribution in [0.1, 0.15) is 59.9 Å². The molecule has 3 aromatic heterocycles. The Bertz CT molecular complexity index is 990. The van der Waals surface area contributed by atoms with Gasteiger partial charge in [0.2, 0.25) is 0 Å². The molecule has 0 saturated carbocycles. The molecule has 0 unspecified atom stereocenters. The van der Waals surface area contributed by atoms with Crippen molar-refractivity contribution in [3.8, 4) is 0 Å². The molecule has 30 heavy (non-hydrogen) atoms. The zero-order valence-electron chi connectivity index (χ0n) is 18.0. The number of carbonyl (C=O) groups excluding carboxylic acids is 1. The van der Waals surface area contributed by atoms with Gasteiger partial charge in [-0.2, -0.15) is 0 Å². The number of imidazole rings is 1. The molecule has 4 rings (SSSR count). The molecule has 1 amide bonds. The Morgan fingerprint density at radius 2 is 2.00 bits per heavy atom. The van der Waals surface area contributed by atoms with Gasteiger partial charge in [0.1, 0.15) is 5.65 Å². The highest BCUT2D eigenvalue weighted by atomic mass is 16.2. The molecular formula is C24H31N5O. The SMILES string of the molecule is Cc1ccn2c(CN[C@@H](C)Cc3cccnc3)c(C(=O)N3CCCCCC3)nc2c1. The zero-order chi connectivity index (χ0) is 20.9. The van der Waals surface area contributed by atoms with Crippen molar-refractivity contribution in [2.45, 2.75) is 58.5 Å². The van der Waals surface area contributed by atoms with E-state index >= 15 is 0 Å². The van der Waals surface area contributed by atoms with E-state index in [9.17, 15) is 4.79 Å². The third kappa shape index (κ3) is 4.70. The molecule has 1 saturated heterocycles. The number of nitrogens with one attached hydrogen (secondary N) is 1. The maximum Gasteiger partial charge on any atom is 0.274 e. The van der Waals surface area contributed by atoms with Crippen LogP contribution in [0.4, 0.5) is 0 Å². The Morgan fingerprint density at radius 3 is 2.73 bits per heavy atom. The Kier molecular flexibility index (Phi) is 6.43. The number of amides is 1. The van der Waals surface area contributed by atoms with Crippen LogP contribution in [-0.4, -0.2) is 44.3 Å². The fourth-order valence-electron chi connectivity index (χ4n) is 4.18. The van der Waals surface area contributed by atoms with E-state index in [1.807, 2.05) is 29.4 Å². The van der Waals surface area contributed by atoms with Crippen molar-refractivity contribution in [1.29, 1.82) is 0 Å². The van der Waals surface area contributed by atoms with Crippen LogP contribution >= 0.6 is 0 Å². The first-order valence-electron chi connectivity index (χ1n) is 11.0. The minimum atomic E-state index is 0.0648. The molecule has 6 heteroatoms. The first kappa shape index (κ1) is 20.5. The van der Waals surface area contributed by atoms with Crippen LogP contribution in [0.2, 0.25) is 0 Å². The highest BCUT2D eigenvalue weighted by molar-refractivity contribution is 5.94. The van der Waals surface area contributed by atoms with Crippen LogP contribution in [0.15, 0.2) is 42.9 Å². The molecule has 0 radical (unpaired) electrons. The van der Waals surface area contributed by atoms with Gasteiger partial charge in [-0.15, -0.1) is 0 Å². The van der Waals surface area contributed by atoms with Gasteiger partial charge in [0.05, 0.1) is 5.69 Å². The monoisotopic (exact) mass is 405 g/mol. The molecule has 4 heterocycles. The van der Waals surface area contributed by atoms with Crippen LogP contribution in [0.3, 0.4) is 0 Å². The average molecular weight is 406 g/mol. The van der Waals surface area contributed by atoms with E-state index in [0.29, 0.717) is 12.2 Å². The molecule has 1 fully saturated rings. The van der Waals surface area contributed by atoms with E-state index < -0.39 is 0 Å². The first-order chi connectivity index (χ1) is 14.6. The van der Waals surface area contributed by atoms with Crippen LogP contribution < -0.4 is 5.32 Å². The number of carbonyl (C=O) groups is 1. The molecule has 0 bridgehead atoms. The minimum absolute atomic E-state index is 0.0648. The average Bonchev–Trinajstić information content (AvgIpc) is 2.90. The molecule has 0 spiro atoms. The summed E-state index contributed by atoms with van der Waals surface area (Å²) < 4.78 is 2.06. The first-order valence-corrected chi connectivity index (χ1v) is 11.0. The van der Waals surface area contributed by atoms with Crippen molar-refractivity contribution in [2.75, 3.05) is 13.1 Å². The van der Waals surface area contributed by atoms with Gasteiger partial charge in [0.25, 0.3) is 5.91 Å². The second-order valence-corrected chi connectivity index (χ2v) is 8.39. The van der Waals surface area contributed by atoms with Gasteiger partial charge in [0.15, 0.2) is 5.69 Å². The van der Waals surface area contributed by atoms with Gasteiger partial charge in [-0.05, 0) is 62.4 Å². The fraction of sp³-hybridized carbons (Fsp3) is 0.458. The number of pyridine rings is 2. The molecule has 158 valence electrons. The van der Waals surface area contributed by atoms with Gasteiger partial charge < -0.3 is 14.6 Å². The number of likely N-dealkylation sites (tertiary alicyclic amines) is 1. The van der Waals surface area contributed by atoms with Crippen molar-refractivity contribution >= 4 is 11.6 Å². The molecule has 0 aromatic carbocycles. The Balaban J connectivity index is 1.57. The number of hydrogen-bond acceptors (Lipinski definition) is 4. The number of rotatable bonds is 6. The molecule has 3 aromatic rings. The largest absolute Gasteiger partial charge is 0.337 e. The standard InChI is InChI=1S/C24H31N5O/c1-18-9-13-29-21(17-26-19(2)15-20-8-7-10-25-16-20)23(27-22(29)14-18)24(30)28-11-5-3-4-6-12-28/h7-10,13-14,16,19,26H,3-6,11-12,15,17H2,1-2H3/t19-/m0/s1. The van der Waals surface area contributed by atoms with Crippen LogP contribution in [0, 0.1) is 6.92 Å². The Morgan fingerprint density at radius 1 is 1.20 bits per heavy atom. The predicted octanol–water partition coefficient (Wildman–Crippen LogP) is 3.77. The Labute approximate surface area is 178 Å². The van der Waals surface area contributed by atoms with Crippen LogP contribution in [0.25, 0.3) is 5.65 Å². The Hall–Kier alpha value is -2.73. The van der Waals surface area contributed by atoms with Gasteiger partial charge in [0, 0.05) is 44.3 Å². The predicted molar refractivity (Wildman–Crippen MR) is 119 cm³/mol. The van der Waals surface area contributed by atoms with Crippen molar-refractivity contribution < 1.29 is 4.79 Å². The van der Waals surface area contributed by atoms with Gasteiger partial charge in [-0.3, -0.25) is 9.78 Å². The summed E-state index contributed by atoms with van der Waals surface area (Å²) in [6, 6.07) is 8.43. The zero-order valence-corrected chi connectivity index (χ0v) is 18.0. The van der Waals surface area contributed by atoms with Crippen molar-refractivity contribution in [2.24, 2.45) is 0 Å². The van der Waals surface area contributed by atoms with Gasteiger partial charge in [-0.1, -0.05) is 18.9 Å². The van der Waals surface area contributed by atoms with Crippen molar-refractivity contribution in [1.82, 2.24) is 24.6 Å². The van der Waals surface area contributed by atoms with Crippen LogP contribution in [-0.2, 0) is 13.0 Å². The highest BCUT2D eigenvalue weighted by Crippen LogP contribution is 2.19. The third-order valence-corrected chi connectivity index (χ3v) is 5.86. The maximum absolute atomic E-state index is 13.4. The normalized spacial score (nSPS) is 15.9. The number of fused-ring (bicyclic) bond motifs is 1. The van der Waals surface area contributed by atoms with Crippen molar-refractivity contribution in [3.63, 3.8) is 0 Å². The fourth-order valence-corrected chi connectivity index (χ4v) is 4.18. The number of hydrogen-bond donors (Lipinski definition) is 1. The molecule has 0 aliphatic carbocycles. The van der Waals surface area contributed by atoms with Gasteiger partial charge in [-0.25, -0.2) is 4.98 Å². The number of aromatic nitrogens is 3. The lowest BCUT2D eigenvalue weighted by Crippen LogP contribution is -2.34. The highest BCUT2D eigenvalue weighted by Gasteiger charge is 2.24. The second-order valence-electron chi connectivity index (χ2n) is 8.39. The molecule has 1 aliphatic rings. The second kappa shape index (κ2) is 9.39. The molecule has 6 nitrogen and oxygen atoms in total. The molecular weight excluding hydrogens is 374 g/mol. The third-order valence-electron chi connectivity index (χ3n) is 5.86. The molecule has 1 atom stereocenters. The van der Waals surface area contributed by atoms with Crippen molar-refractivity contribution in [3.05, 3.63) is 65.4 Å². The lowest BCUT2D eigenvalue weighted by molar-refractivity contribution is 0.0755. The topological polar surface area (TPSA) is 62.5 Å². The summed E-state index contributed by atoms with van der Waals surface area (Å²) in [5.74, 6) is 0.0648. The molecule has 1 N–H and O–H groups in total. The maximum atomic E-state index is 13.4. The van der Waals surface area contributed by atoms with E-state index in [2.05, 4.69) is 40.7 Å². The lowest BCUT2D eigenvalue weighted by atomic mass is 10.1. The molecule has 1 aliphatic heterocycles. The summed E-state index contributed by atoms with van der Waals surface area (Å²) >= 11 is 0. The number of aryl methyl sites for hydroxylation is 1. The summed E-state index contributed by atoms with van der Waals surface area (Å²) in [6.45, 7) is 6.47. The smallest absolute Gasteiger partial charge is 0.274 e. The van der Waals surface area contributed by atoms with E-state index in [0.717, 1.165) is 49.3 Å². The summed E-state index contributed by atoms with van der Waals surface area (Å²) in [4.78, 5) is 24.3. The van der Waals surface area contributed by atoms with Gasteiger partial charge >= 0.3 is 0 Å². The summed E-state index contributed by atoms with van der Waals surface area (Å²) in [5.41, 5.74) is 4.71. The van der Waals surface area contributed by atoms with Crippen LogP contribution in [0.5, 0.6) is 0 Å². The minimum Gasteiger partial charge on any atom is -0.337 e. The summed E-state index contributed by atoms with van der Waals surface area (Å²) in [5, 5.41) is 3.59. The summed E-state index contributed by atoms with van der Waals surface area (Å²) in [6.07, 6.45) is 11.2. The van der Waals surface area contributed by atoms with E-state index in [-0.39, 0.29) is 11.9 Å². The number of nitrogens with zero attached hydrogens (tertiary/aromatic N) is 4. The lowest BCUT2D eigenvalue weighted by Gasteiger charge is -2.20. The van der Waals surface area contributed by atoms with E-state index in [4.69, 9.17) is 4.98 Å².